The summed E-state index contributed by atoms with van der Waals surface area (Å²) in [5.74, 6) is -0.0358. The Morgan fingerprint density at radius 2 is 1.94 bits per heavy atom. The van der Waals surface area contributed by atoms with Gasteiger partial charge < -0.3 is 0 Å². The second-order valence-electron chi connectivity index (χ2n) is 3.35. The zero-order valence-corrected chi connectivity index (χ0v) is 11.1. The molecule has 2 nitrogen and oxygen atoms in total. The molecule has 0 N–H and O–H groups in total. The number of allylic oxidation sites excluding steroid dienone is 4. The molecule has 2 aliphatic rings. The number of halogens is 6. The fraction of sp³-hybridized carbons (Fsp3) is 0.333. The van der Waals surface area contributed by atoms with Gasteiger partial charge in [0.05, 0.1) is 11.4 Å². The van der Waals surface area contributed by atoms with Gasteiger partial charge in [-0.05, 0) is 6.08 Å². The van der Waals surface area contributed by atoms with Crippen molar-refractivity contribution in [2.75, 3.05) is 0 Å². The first kappa shape index (κ1) is 13.1. The minimum absolute atomic E-state index is 0.0358. The molecule has 8 heteroatoms. The summed E-state index contributed by atoms with van der Waals surface area (Å²) in [7, 11) is 0. The average Bonchev–Trinajstić information content (AvgIpc) is 2.61. The zero-order chi connectivity index (χ0) is 12.8. The standard InChI is InChI=1S/C9H4BrCl2F3N2/c10-8(9(13,14)15)3-1-2-4-5(8)17-7(16-4)6(11)12/h1-3,6H. The largest absolute Gasteiger partial charge is 0.412 e. The van der Waals surface area contributed by atoms with Gasteiger partial charge in [-0.3, -0.25) is 0 Å². The van der Waals surface area contributed by atoms with E-state index < -0.39 is 15.3 Å². The molecule has 0 bridgehead atoms. The molecule has 1 aliphatic heterocycles. The quantitative estimate of drug-likeness (QED) is 0.645. The lowest BCUT2D eigenvalue weighted by Gasteiger charge is -2.28. The minimum Gasteiger partial charge on any atom is -0.231 e. The van der Waals surface area contributed by atoms with Crippen molar-refractivity contribution in [1.82, 2.24) is 0 Å². The van der Waals surface area contributed by atoms with Crippen molar-refractivity contribution in [2.24, 2.45) is 9.98 Å². The number of alkyl halides is 6. The van der Waals surface area contributed by atoms with Crippen LogP contribution in [0.5, 0.6) is 0 Å². The maximum absolute atomic E-state index is 13.0. The van der Waals surface area contributed by atoms with Crippen molar-refractivity contribution < 1.29 is 13.2 Å². The Kier molecular flexibility index (Phi) is 3.16. The second kappa shape index (κ2) is 4.10. The maximum Gasteiger partial charge on any atom is 0.412 e. The van der Waals surface area contributed by atoms with Crippen LogP contribution in [0.1, 0.15) is 0 Å². The number of fused-ring (bicyclic) bond motifs is 1. The molecule has 0 radical (unpaired) electrons. The van der Waals surface area contributed by atoms with Crippen LogP contribution in [0.2, 0.25) is 0 Å². The van der Waals surface area contributed by atoms with Crippen LogP contribution < -0.4 is 0 Å². The van der Waals surface area contributed by atoms with Gasteiger partial charge in [0.2, 0.25) is 0 Å². The molecular formula is C9H4BrCl2F3N2. The molecule has 92 valence electrons. The van der Waals surface area contributed by atoms with Gasteiger partial charge in [-0.25, -0.2) is 9.98 Å². The summed E-state index contributed by atoms with van der Waals surface area (Å²) >= 11 is 13.7. The maximum atomic E-state index is 13.0. The predicted octanol–water partition coefficient (Wildman–Crippen LogP) is 3.79. The van der Waals surface area contributed by atoms with Crippen LogP contribution in [-0.2, 0) is 0 Å². The molecule has 1 heterocycles. The van der Waals surface area contributed by atoms with Gasteiger partial charge in [0.15, 0.2) is 15.0 Å². The Labute approximate surface area is 113 Å². The minimum atomic E-state index is -4.53. The van der Waals surface area contributed by atoms with Crippen molar-refractivity contribution in [3.8, 4) is 0 Å². The molecule has 0 aromatic heterocycles. The smallest absolute Gasteiger partial charge is 0.231 e. The first-order chi connectivity index (χ1) is 7.75. The van der Waals surface area contributed by atoms with E-state index in [0.717, 1.165) is 6.08 Å². The van der Waals surface area contributed by atoms with Gasteiger partial charge in [0.1, 0.15) is 0 Å². The summed E-state index contributed by atoms with van der Waals surface area (Å²) in [5.41, 5.74) is -0.128. The Hall–Kier alpha value is -0.330. The summed E-state index contributed by atoms with van der Waals surface area (Å²) in [4.78, 5) is 6.54. The average molecular weight is 348 g/mol. The Morgan fingerprint density at radius 3 is 2.47 bits per heavy atom. The van der Waals surface area contributed by atoms with Crippen LogP contribution in [-0.4, -0.2) is 26.9 Å². The molecule has 2 rings (SSSR count). The van der Waals surface area contributed by atoms with Crippen LogP contribution in [0, 0.1) is 0 Å². The van der Waals surface area contributed by atoms with Crippen molar-refractivity contribution in [2.45, 2.75) is 15.3 Å². The lowest BCUT2D eigenvalue weighted by Crippen LogP contribution is -2.46. The van der Waals surface area contributed by atoms with E-state index in [1.54, 1.807) is 0 Å². The molecule has 0 amide bonds. The van der Waals surface area contributed by atoms with Gasteiger partial charge in [-0.2, -0.15) is 13.2 Å². The second-order valence-corrected chi connectivity index (χ2v) is 5.70. The molecule has 0 saturated heterocycles. The fourth-order valence-electron chi connectivity index (χ4n) is 1.43. The van der Waals surface area contributed by atoms with Crippen LogP contribution in [0.15, 0.2) is 33.9 Å². The van der Waals surface area contributed by atoms with E-state index in [4.69, 9.17) is 23.2 Å². The van der Waals surface area contributed by atoms with Crippen molar-refractivity contribution >= 4 is 50.7 Å². The van der Waals surface area contributed by atoms with Crippen molar-refractivity contribution in [3.05, 3.63) is 23.9 Å². The van der Waals surface area contributed by atoms with Gasteiger partial charge in [-0.1, -0.05) is 51.3 Å². The van der Waals surface area contributed by atoms with E-state index in [-0.39, 0.29) is 17.2 Å². The van der Waals surface area contributed by atoms with Crippen molar-refractivity contribution in [3.63, 3.8) is 0 Å². The Bertz CT molecular complexity index is 479. The number of hydrogen-bond acceptors (Lipinski definition) is 2. The van der Waals surface area contributed by atoms with Gasteiger partial charge in [0.25, 0.3) is 0 Å². The summed E-state index contributed by atoms with van der Waals surface area (Å²) < 4.78 is 36.6. The van der Waals surface area contributed by atoms with Crippen LogP contribution >= 0.6 is 39.1 Å². The predicted molar refractivity (Wildman–Crippen MR) is 65.3 cm³/mol. The van der Waals surface area contributed by atoms with E-state index in [1.165, 1.54) is 12.2 Å². The van der Waals surface area contributed by atoms with Crippen LogP contribution in [0.3, 0.4) is 0 Å². The molecule has 0 aromatic rings. The van der Waals surface area contributed by atoms with Crippen molar-refractivity contribution in [1.29, 1.82) is 0 Å². The van der Waals surface area contributed by atoms with E-state index in [1.807, 2.05) is 0 Å². The molecule has 0 spiro atoms. The number of amidine groups is 1. The summed E-state index contributed by atoms with van der Waals surface area (Å²) in [6, 6.07) is 0. The highest BCUT2D eigenvalue weighted by Gasteiger charge is 2.57. The van der Waals surface area contributed by atoms with Crippen LogP contribution in [0.4, 0.5) is 13.2 Å². The molecule has 0 saturated carbocycles. The van der Waals surface area contributed by atoms with E-state index in [2.05, 4.69) is 25.9 Å². The SMILES string of the molecule is FC(F)(F)C1(Br)C=CC=C2N=C(C(Cl)Cl)N=C21. The third-order valence-corrected chi connectivity index (χ3v) is 3.72. The number of aliphatic imine (C=N–C) groups is 2. The summed E-state index contributed by atoms with van der Waals surface area (Å²) in [6.45, 7) is 0. The lowest BCUT2D eigenvalue weighted by atomic mass is 9.95. The van der Waals surface area contributed by atoms with E-state index >= 15 is 0 Å². The summed E-state index contributed by atoms with van der Waals surface area (Å²) in [6.07, 6.45) is -0.875. The fourth-order valence-corrected chi connectivity index (χ4v) is 2.07. The number of hydrogen-bond donors (Lipinski definition) is 0. The monoisotopic (exact) mass is 346 g/mol. The Morgan fingerprint density at radius 1 is 1.29 bits per heavy atom. The highest BCUT2D eigenvalue weighted by molar-refractivity contribution is 9.10. The van der Waals surface area contributed by atoms with Gasteiger partial charge in [0, 0.05) is 0 Å². The van der Waals surface area contributed by atoms with E-state index in [9.17, 15) is 13.2 Å². The lowest BCUT2D eigenvalue weighted by molar-refractivity contribution is -0.131. The van der Waals surface area contributed by atoms with Crippen LogP contribution in [0.25, 0.3) is 0 Å². The molecule has 1 aliphatic carbocycles. The molecule has 0 fully saturated rings. The van der Waals surface area contributed by atoms with Gasteiger partial charge >= 0.3 is 6.18 Å². The van der Waals surface area contributed by atoms with Gasteiger partial charge in [-0.15, -0.1) is 0 Å². The molecule has 17 heavy (non-hydrogen) atoms. The molecule has 1 unspecified atom stereocenters. The third kappa shape index (κ3) is 2.06. The zero-order valence-electron chi connectivity index (χ0n) is 7.97. The highest BCUT2D eigenvalue weighted by atomic mass is 79.9. The Balaban J connectivity index is 2.48. The first-order valence-electron chi connectivity index (χ1n) is 4.37. The summed E-state index contributed by atoms with van der Waals surface area (Å²) in [5, 5.41) is 0. The number of nitrogens with zero attached hydrogens (tertiary/aromatic N) is 2. The molecule has 0 aromatic carbocycles. The van der Waals surface area contributed by atoms with E-state index in [0.29, 0.717) is 0 Å². The molecular weight excluding hydrogens is 344 g/mol. The highest BCUT2D eigenvalue weighted by Crippen LogP contribution is 2.45. The topological polar surface area (TPSA) is 24.7 Å². The normalized spacial score (nSPS) is 27.8. The third-order valence-electron chi connectivity index (χ3n) is 2.24. The first-order valence-corrected chi connectivity index (χ1v) is 6.04. The number of rotatable bonds is 1. The molecule has 1 atom stereocenters.